The van der Waals surface area contributed by atoms with E-state index in [4.69, 9.17) is 11.6 Å². The molecule has 1 amide bonds. The van der Waals surface area contributed by atoms with Crippen LogP contribution in [0.2, 0.25) is 5.02 Å². The van der Waals surface area contributed by atoms with Gasteiger partial charge in [-0.25, -0.2) is 4.39 Å². The van der Waals surface area contributed by atoms with E-state index >= 15 is 0 Å². The number of aromatic nitrogens is 2. The van der Waals surface area contributed by atoms with Crippen molar-refractivity contribution in [3.63, 3.8) is 0 Å². The van der Waals surface area contributed by atoms with Gasteiger partial charge in [-0.05, 0) is 61.5 Å². The summed E-state index contributed by atoms with van der Waals surface area (Å²) in [5, 5.41) is 5.42. The summed E-state index contributed by atoms with van der Waals surface area (Å²) in [5.74, 6) is -0.944. The normalized spacial score (nSPS) is 11.2. The zero-order valence-electron chi connectivity index (χ0n) is 17.3. The molecule has 4 nitrogen and oxygen atoms in total. The largest absolute Gasteiger partial charge is 0.341 e. The molecule has 0 aliphatic carbocycles. The molecule has 6 heteroatoms. The Bertz CT molecular complexity index is 1490. The number of amides is 1. The molecule has 0 bridgehead atoms. The highest BCUT2D eigenvalue weighted by molar-refractivity contribution is 6.33. The van der Waals surface area contributed by atoms with Gasteiger partial charge >= 0.3 is 0 Å². The fourth-order valence-electron chi connectivity index (χ4n) is 4.11. The molecule has 1 N–H and O–H groups in total. The number of nitrogens with one attached hydrogen (secondary N) is 1. The molecule has 2 heterocycles. The number of nitrogens with zero attached hydrogens (tertiary/aromatic N) is 2. The number of anilines is 1. The number of halogens is 2. The summed E-state index contributed by atoms with van der Waals surface area (Å²) in [5.41, 5.74) is 3.72. The van der Waals surface area contributed by atoms with Gasteiger partial charge in [0, 0.05) is 51.4 Å². The first-order valence-corrected chi connectivity index (χ1v) is 10.7. The highest BCUT2D eigenvalue weighted by Crippen LogP contribution is 2.32. The molecule has 2 aromatic heterocycles. The van der Waals surface area contributed by atoms with E-state index in [1.807, 2.05) is 30.3 Å². The maximum Gasteiger partial charge on any atom is 0.255 e. The maximum atomic E-state index is 14.8. The molecule has 0 aliphatic heterocycles. The molecule has 158 valence electrons. The zero-order valence-corrected chi connectivity index (χ0v) is 18.0. The molecule has 0 unspecified atom stereocenters. The van der Waals surface area contributed by atoms with Crippen LogP contribution in [0, 0.1) is 5.82 Å². The Balaban J connectivity index is 1.47. The average molecular weight is 444 g/mol. The molecule has 0 spiro atoms. The van der Waals surface area contributed by atoms with Gasteiger partial charge in [0.2, 0.25) is 0 Å². The average Bonchev–Trinajstić information content (AvgIpc) is 3.12. The predicted molar refractivity (Wildman–Crippen MR) is 128 cm³/mol. The van der Waals surface area contributed by atoms with Crippen LogP contribution in [0.5, 0.6) is 0 Å². The first-order chi connectivity index (χ1) is 15.6. The van der Waals surface area contributed by atoms with Crippen LogP contribution in [0.1, 0.15) is 17.3 Å². The number of hydrogen-bond acceptors (Lipinski definition) is 2. The third-order valence-electron chi connectivity index (χ3n) is 5.59. The maximum absolute atomic E-state index is 14.8. The number of hydrogen-bond donors (Lipinski definition) is 1. The van der Waals surface area contributed by atoms with Crippen LogP contribution in [0.4, 0.5) is 10.1 Å². The van der Waals surface area contributed by atoms with Crippen LogP contribution in [-0.2, 0) is 6.54 Å². The SMILES string of the molecule is CCn1c2ccccc2c2cc(NC(=O)c3ccc(-c4ncccc4Cl)c(F)c3)ccc21. The summed E-state index contributed by atoms with van der Waals surface area (Å²) >= 11 is 6.13. The molecule has 0 aliphatic rings. The fourth-order valence-corrected chi connectivity index (χ4v) is 4.33. The standard InChI is InChI=1S/C26H19ClFN3O/c1-2-31-23-8-4-3-6-18(23)20-15-17(10-12-24(20)31)30-26(32)16-9-11-19(22(28)14-16)25-21(27)7-5-13-29-25/h3-15H,2H2,1H3,(H,30,32). The van der Waals surface area contributed by atoms with Crippen molar-refractivity contribution in [3.05, 3.63) is 95.4 Å². The summed E-state index contributed by atoms with van der Waals surface area (Å²) in [6.07, 6.45) is 1.55. The van der Waals surface area contributed by atoms with Crippen molar-refractivity contribution < 1.29 is 9.18 Å². The van der Waals surface area contributed by atoms with E-state index in [2.05, 4.69) is 33.9 Å². The number of carbonyl (C=O) groups is 1. The first-order valence-electron chi connectivity index (χ1n) is 10.3. The van der Waals surface area contributed by atoms with Gasteiger partial charge in [0.05, 0.1) is 10.7 Å². The summed E-state index contributed by atoms with van der Waals surface area (Å²) in [4.78, 5) is 17.0. The van der Waals surface area contributed by atoms with Gasteiger partial charge < -0.3 is 9.88 Å². The van der Waals surface area contributed by atoms with E-state index in [0.29, 0.717) is 16.4 Å². The van der Waals surface area contributed by atoms with E-state index < -0.39 is 5.82 Å². The lowest BCUT2D eigenvalue weighted by atomic mass is 10.1. The second-order valence-corrected chi connectivity index (χ2v) is 7.88. The molecule has 32 heavy (non-hydrogen) atoms. The smallest absolute Gasteiger partial charge is 0.255 e. The van der Waals surface area contributed by atoms with Gasteiger partial charge in [-0.3, -0.25) is 9.78 Å². The Labute approximate surface area is 189 Å². The Morgan fingerprint density at radius 3 is 2.59 bits per heavy atom. The first kappa shape index (κ1) is 20.2. The molecular weight excluding hydrogens is 425 g/mol. The Hall–Kier alpha value is -3.70. The third kappa shape index (κ3) is 3.41. The number of aryl methyl sites for hydroxylation is 1. The van der Waals surface area contributed by atoms with E-state index in [1.54, 1.807) is 24.4 Å². The monoisotopic (exact) mass is 443 g/mol. The lowest BCUT2D eigenvalue weighted by Crippen LogP contribution is -2.12. The van der Waals surface area contributed by atoms with Gasteiger partial charge in [-0.15, -0.1) is 0 Å². The lowest BCUT2D eigenvalue weighted by Gasteiger charge is -2.09. The lowest BCUT2D eigenvalue weighted by molar-refractivity contribution is 0.102. The third-order valence-corrected chi connectivity index (χ3v) is 5.90. The quantitative estimate of drug-likeness (QED) is 0.327. The molecule has 5 aromatic rings. The van der Waals surface area contributed by atoms with Crippen molar-refractivity contribution >= 4 is 45.0 Å². The minimum Gasteiger partial charge on any atom is -0.341 e. The van der Waals surface area contributed by atoms with Crippen molar-refractivity contribution in [2.24, 2.45) is 0 Å². The van der Waals surface area contributed by atoms with Crippen LogP contribution < -0.4 is 5.32 Å². The van der Waals surface area contributed by atoms with E-state index in [-0.39, 0.29) is 17.0 Å². The Morgan fingerprint density at radius 2 is 1.81 bits per heavy atom. The van der Waals surface area contributed by atoms with Crippen LogP contribution in [0.15, 0.2) is 79.0 Å². The highest BCUT2D eigenvalue weighted by Gasteiger charge is 2.15. The molecule has 0 atom stereocenters. The molecule has 0 saturated heterocycles. The topological polar surface area (TPSA) is 46.9 Å². The molecular formula is C26H19ClFN3O. The summed E-state index contributed by atoms with van der Waals surface area (Å²) in [6, 6.07) is 21.6. The number of benzene rings is 3. The van der Waals surface area contributed by atoms with Crippen molar-refractivity contribution in [3.8, 4) is 11.3 Å². The van der Waals surface area contributed by atoms with Gasteiger partial charge in [0.25, 0.3) is 5.91 Å². The second kappa shape index (κ2) is 8.09. The van der Waals surface area contributed by atoms with Crippen molar-refractivity contribution in [1.29, 1.82) is 0 Å². The Morgan fingerprint density at radius 1 is 1.00 bits per heavy atom. The van der Waals surface area contributed by atoms with Gasteiger partial charge in [-0.2, -0.15) is 0 Å². The van der Waals surface area contributed by atoms with E-state index in [0.717, 1.165) is 28.4 Å². The molecule has 0 saturated carbocycles. The van der Waals surface area contributed by atoms with E-state index in [9.17, 15) is 9.18 Å². The number of pyridine rings is 1. The molecule has 5 rings (SSSR count). The zero-order chi connectivity index (χ0) is 22.2. The van der Waals surface area contributed by atoms with Crippen LogP contribution >= 0.6 is 11.6 Å². The fraction of sp³-hybridized carbons (Fsp3) is 0.0769. The predicted octanol–water partition coefficient (Wildman–Crippen LogP) is 6.92. The van der Waals surface area contributed by atoms with Gasteiger partial charge in [0.1, 0.15) is 5.82 Å². The van der Waals surface area contributed by atoms with Crippen molar-refractivity contribution in [2.45, 2.75) is 13.5 Å². The minimum atomic E-state index is -0.556. The second-order valence-electron chi connectivity index (χ2n) is 7.48. The summed E-state index contributed by atoms with van der Waals surface area (Å²) < 4.78 is 17.0. The van der Waals surface area contributed by atoms with Gasteiger partial charge in [0.15, 0.2) is 0 Å². The number of carbonyl (C=O) groups excluding carboxylic acids is 1. The minimum absolute atomic E-state index is 0.217. The van der Waals surface area contributed by atoms with Crippen molar-refractivity contribution in [1.82, 2.24) is 9.55 Å². The van der Waals surface area contributed by atoms with Crippen LogP contribution in [0.3, 0.4) is 0 Å². The highest BCUT2D eigenvalue weighted by atomic mass is 35.5. The van der Waals surface area contributed by atoms with Crippen LogP contribution in [-0.4, -0.2) is 15.5 Å². The number of rotatable bonds is 4. The summed E-state index contributed by atoms with van der Waals surface area (Å²) in [6.45, 7) is 2.96. The van der Waals surface area contributed by atoms with E-state index in [1.165, 1.54) is 12.1 Å². The molecule has 0 radical (unpaired) electrons. The van der Waals surface area contributed by atoms with Crippen LogP contribution in [0.25, 0.3) is 33.1 Å². The number of para-hydroxylation sites is 1. The molecule has 3 aromatic carbocycles. The Kier molecular flexibility index (Phi) is 5.11. The summed E-state index contributed by atoms with van der Waals surface area (Å²) in [7, 11) is 0. The number of fused-ring (bicyclic) bond motifs is 3. The molecule has 0 fully saturated rings. The van der Waals surface area contributed by atoms with Gasteiger partial charge in [-0.1, -0.05) is 29.8 Å². The van der Waals surface area contributed by atoms with Crippen molar-refractivity contribution in [2.75, 3.05) is 5.32 Å².